The number of furan rings is 1. The van der Waals surface area contributed by atoms with Gasteiger partial charge in [-0.2, -0.15) is 4.99 Å². The van der Waals surface area contributed by atoms with Crippen LogP contribution >= 0.6 is 11.3 Å². The van der Waals surface area contributed by atoms with Crippen LogP contribution in [0.25, 0.3) is 0 Å². The van der Waals surface area contributed by atoms with Crippen molar-refractivity contribution in [1.82, 2.24) is 4.57 Å². The van der Waals surface area contributed by atoms with E-state index < -0.39 is 0 Å². The Morgan fingerprint density at radius 1 is 1.07 bits per heavy atom. The Hall–Kier alpha value is -3.71. The Balaban J connectivity index is 1.58. The van der Waals surface area contributed by atoms with Crippen LogP contribution in [-0.2, 0) is 6.54 Å². The van der Waals surface area contributed by atoms with E-state index in [-0.39, 0.29) is 17.6 Å². The second-order valence-electron chi connectivity index (χ2n) is 6.64. The predicted molar refractivity (Wildman–Crippen MR) is 116 cm³/mol. The molecule has 150 valence electrons. The van der Waals surface area contributed by atoms with E-state index in [1.165, 1.54) is 17.6 Å². The fourth-order valence-corrected chi connectivity index (χ4v) is 3.93. The highest BCUT2D eigenvalue weighted by Crippen LogP contribution is 2.27. The molecule has 4 rings (SSSR count). The van der Waals surface area contributed by atoms with Crippen LogP contribution in [0.1, 0.15) is 31.4 Å². The highest BCUT2D eigenvalue weighted by Gasteiger charge is 2.16. The van der Waals surface area contributed by atoms with E-state index in [4.69, 9.17) is 4.42 Å². The zero-order chi connectivity index (χ0) is 20.9. The van der Waals surface area contributed by atoms with Crippen LogP contribution in [-0.4, -0.2) is 16.4 Å². The van der Waals surface area contributed by atoms with Crippen molar-refractivity contribution in [2.45, 2.75) is 13.5 Å². The molecule has 7 heteroatoms. The molecule has 0 aliphatic rings. The lowest BCUT2D eigenvalue weighted by Gasteiger charge is -2.07. The smallest absolute Gasteiger partial charge is 0.291 e. The SMILES string of the molecule is Cc1cc(NC(=O)c2ccco2)sc1C(=O)N=c1ccccn1Cc1ccccc1. The van der Waals surface area contributed by atoms with Gasteiger partial charge in [0.15, 0.2) is 5.76 Å². The van der Waals surface area contributed by atoms with Gasteiger partial charge in [0.05, 0.1) is 16.1 Å². The van der Waals surface area contributed by atoms with Crippen molar-refractivity contribution < 1.29 is 14.0 Å². The van der Waals surface area contributed by atoms with Crippen molar-refractivity contribution in [3.8, 4) is 0 Å². The number of benzene rings is 1. The maximum absolute atomic E-state index is 12.9. The van der Waals surface area contributed by atoms with Gasteiger partial charge in [0, 0.05) is 12.7 Å². The van der Waals surface area contributed by atoms with E-state index in [0.717, 1.165) is 11.1 Å². The summed E-state index contributed by atoms with van der Waals surface area (Å²) < 4.78 is 7.02. The van der Waals surface area contributed by atoms with Crippen LogP contribution in [0.3, 0.4) is 0 Å². The number of nitrogens with one attached hydrogen (secondary N) is 1. The zero-order valence-corrected chi connectivity index (χ0v) is 17.1. The molecule has 6 nitrogen and oxygen atoms in total. The minimum Gasteiger partial charge on any atom is -0.459 e. The van der Waals surface area contributed by atoms with Crippen molar-refractivity contribution in [1.29, 1.82) is 0 Å². The van der Waals surface area contributed by atoms with Gasteiger partial charge in [-0.05, 0) is 48.4 Å². The molecule has 0 aliphatic heterocycles. The molecular formula is C23H19N3O3S. The molecule has 30 heavy (non-hydrogen) atoms. The number of aromatic nitrogens is 1. The topological polar surface area (TPSA) is 76.6 Å². The van der Waals surface area contributed by atoms with Gasteiger partial charge in [-0.15, -0.1) is 11.3 Å². The van der Waals surface area contributed by atoms with Gasteiger partial charge >= 0.3 is 0 Å². The average Bonchev–Trinajstić information content (AvgIpc) is 3.40. The first-order valence-corrected chi connectivity index (χ1v) is 10.2. The number of carbonyl (C=O) groups excluding carboxylic acids is 2. The van der Waals surface area contributed by atoms with Gasteiger partial charge in [0.25, 0.3) is 11.8 Å². The lowest BCUT2D eigenvalue weighted by Crippen LogP contribution is -2.22. The number of aryl methyl sites for hydroxylation is 1. The van der Waals surface area contributed by atoms with Crippen LogP contribution in [0.2, 0.25) is 0 Å². The fraction of sp³-hybridized carbons (Fsp3) is 0.0870. The Kier molecular flexibility index (Phi) is 5.72. The van der Waals surface area contributed by atoms with E-state index in [9.17, 15) is 9.59 Å². The molecule has 4 aromatic rings. The summed E-state index contributed by atoms with van der Waals surface area (Å²) in [5, 5.41) is 3.32. The first kappa shape index (κ1) is 19.6. The van der Waals surface area contributed by atoms with E-state index in [1.54, 1.807) is 18.2 Å². The molecule has 0 fully saturated rings. The van der Waals surface area contributed by atoms with Gasteiger partial charge in [0.2, 0.25) is 0 Å². The number of thiophene rings is 1. The minimum atomic E-state index is -0.360. The normalized spacial score (nSPS) is 11.4. The summed E-state index contributed by atoms with van der Waals surface area (Å²) in [6, 6.07) is 20.5. The second kappa shape index (κ2) is 8.75. The van der Waals surface area contributed by atoms with Crippen molar-refractivity contribution in [3.05, 3.63) is 106 Å². The lowest BCUT2D eigenvalue weighted by molar-refractivity contribution is 0.0990. The van der Waals surface area contributed by atoms with E-state index in [1.807, 2.05) is 66.2 Å². The Morgan fingerprint density at radius 3 is 2.63 bits per heavy atom. The van der Waals surface area contributed by atoms with Gasteiger partial charge in [-0.25, -0.2) is 0 Å². The standard InChI is InChI=1S/C23H19N3O3S/c1-16-14-20(25-22(27)18-10-7-13-29-18)30-21(16)23(28)24-19-11-5-6-12-26(19)15-17-8-3-2-4-9-17/h2-14H,15H2,1H3,(H,25,27). The summed E-state index contributed by atoms with van der Waals surface area (Å²) in [7, 11) is 0. The van der Waals surface area contributed by atoms with E-state index in [2.05, 4.69) is 10.3 Å². The van der Waals surface area contributed by atoms with E-state index >= 15 is 0 Å². The molecule has 0 saturated carbocycles. The second-order valence-corrected chi connectivity index (χ2v) is 7.70. The molecule has 2 amide bonds. The van der Waals surface area contributed by atoms with Crippen LogP contribution in [0.4, 0.5) is 5.00 Å². The summed E-state index contributed by atoms with van der Waals surface area (Å²) >= 11 is 1.20. The highest BCUT2D eigenvalue weighted by molar-refractivity contribution is 7.18. The van der Waals surface area contributed by atoms with Gasteiger partial charge in [0.1, 0.15) is 5.49 Å². The molecule has 0 radical (unpaired) electrons. The summed E-state index contributed by atoms with van der Waals surface area (Å²) in [4.78, 5) is 29.8. The van der Waals surface area contributed by atoms with Crippen molar-refractivity contribution in [2.24, 2.45) is 4.99 Å². The summed E-state index contributed by atoms with van der Waals surface area (Å²) in [5.74, 6) is -0.491. The number of nitrogens with zero attached hydrogens (tertiary/aromatic N) is 2. The third-order valence-electron chi connectivity index (χ3n) is 4.42. The highest BCUT2D eigenvalue weighted by atomic mass is 32.1. The van der Waals surface area contributed by atoms with Crippen LogP contribution < -0.4 is 10.8 Å². The number of pyridine rings is 1. The Bertz CT molecular complexity index is 1240. The molecule has 1 aromatic carbocycles. The zero-order valence-electron chi connectivity index (χ0n) is 16.2. The Labute approximate surface area is 177 Å². The molecule has 0 bridgehead atoms. The molecule has 1 N–H and O–H groups in total. The number of rotatable bonds is 5. The monoisotopic (exact) mass is 417 g/mol. The van der Waals surface area contributed by atoms with Crippen LogP contribution in [0, 0.1) is 6.92 Å². The van der Waals surface area contributed by atoms with Gasteiger partial charge in [-0.1, -0.05) is 36.4 Å². The number of hydrogen-bond acceptors (Lipinski definition) is 4. The Morgan fingerprint density at radius 2 is 1.87 bits per heavy atom. The molecule has 3 heterocycles. The molecule has 3 aromatic heterocycles. The maximum Gasteiger partial charge on any atom is 0.291 e. The van der Waals surface area contributed by atoms with Gasteiger partial charge in [-0.3, -0.25) is 9.59 Å². The van der Waals surface area contributed by atoms with Gasteiger partial charge < -0.3 is 14.3 Å². The fourth-order valence-electron chi connectivity index (χ4n) is 2.97. The quantitative estimate of drug-likeness (QED) is 0.520. The number of hydrogen-bond donors (Lipinski definition) is 1. The van der Waals surface area contributed by atoms with Crippen molar-refractivity contribution >= 4 is 28.2 Å². The summed E-state index contributed by atoms with van der Waals surface area (Å²) in [6.45, 7) is 2.44. The predicted octanol–water partition coefficient (Wildman–Crippen LogP) is 4.49. The molecule has 0 aliphatic carbocycles. The third-order valence-corrected chi connectivity index (χ3v) is 5.56. The molecular weight excluding hydrogens is 398 g/mol. The lowest BCUT2D eigenvalue weighted by atomic mass is 10.2. The summed E-state index contributed by atoms with van der Waals surface area (Å²) in [5.41, 5.74) is 2.45. The molecule has 0 atom stereocenters. The summed E-state index contributed by atoms with van der Waals surface area (Å²) in [6.07, 6.45) is 3.34. The first-order chi connectivity index (χ1) is 14.6. The molecule has 0 unspecified atom stereocenters. The third kappa shape index (κ3) is 4.47. The maximum atomic E-state index is 12.9. The number of anilines is 1. The first-order valence-electron chi connectivity index (χ1n) is 9.34. The molecule has 0 spiro atoms. The largest absolute Gasteiger partial charge is 0.459 e. The molecule has 0 saturated heterocycles. The van der Waals surface area contributed by atoms with Crippen molar-refractivity contribution in [2.75, 3.05) is 5.32 Å². The van der Waals surface area contributed by atoms with Crippen molar-refractivity contribution in [3.63, 3.8) is 0 Å². The number of carbonyl (C=O) groups is 2. The minimum absolute atomic E-state index is 0.213. The van der Waals surface area contributed by atoms with Crippen LogP contribution in [0.15, 0.2) is 88.6 Å². The van der Waals surface area contributed by atoms with Crippen LogP contribution in [0.5, 0.6) is 0 Å². The number of amides is 2. The average molecular weight is 417 g/mol. The van der Waals surface area contributed by atoms with E-state index in [0.29, 0.717) is 21.9 Å².